The number of carbonyl (C=O) groups excluding carboxylic acids is 2. The summed E-state index contributed by atoms with van der Waals surface area (Å²) < 4.78 is 24.2. The van der Waals surface area contributed by atoms with Crippen LogP contribution in [0.4, 0.5) is 0 Å². The van der Waals surface area contributed by atoms with Gasteiger partial charge in [-0.15, -0.1) is 0 Å². The Hall–Kier alpha value is -1.11. The predicted molar refractivity (Wildman–Crippen MR) is 100 cm³/mol. The molecule has 3 fully saturated rings. The average Bonchev–Trinajstić information content (AvgIpc) is 3.24. The van der Waals surface area contributed by atoms with Crippen LogP contribution in [0.5, 0.6) is 0 Å². The fourth-order valence-electron chi connectivity index (χ4n) is 4.87. The third kappa shape index (κ3) is 4.41. The van der Waals surface area contributed by atoms with Crippen molar-refractivity contribution >= 4 is 21.7 Å². The Balaban J connectivity index is 1.59. The highest BCUT2D eigenvalue weighted by atomic mass is 32.2. The lowest BCUT2D eigenvalue weighted by molar-refractivity contribution is -0.127. The highest BCUT2D eigenvalue weighted by molar-refractivity contribution is 7.91. The molecule has 1 saturated heterocycles. The van der Waals surface area contributed by atoms with E-state index in [1.54, 1.807) is 0 Å². The maximum Gasteiger partial charge on any atom is 0.226 e. The first-order valence-electron chi connectivity index (χ1n) is 9.96. The average molecular weight is 385 g/mol. The standard InChI is InChI=1S/C19H32N2O4S/c1-19(2)9-5-8-14(19)10-20-18(23)15-11-26(24,25)12-16(15)21-17(22)13-6-3-4-7-13/h13-16H,3-12H2,1-2H3,(H,20,23)(H,21,22)/t14?,15-,16-/m1/s1. The van der Waals surface area contributed by atoms with E-state index in [2.05, 4.69) is 24.5 Å². The van der Waals surface area contributed by atoms with Crippen molar-refractivity contribution in [2.24, 2.45) is 23.2 Å². The number of carbonyl (C=O) groups is 2. The number of nitrogens with one attached hydrogen (secondary N) is 2. The van der Waals surface area contributed by atoms with Crippen LogP contribution in [0.25, 0.3) is 0 Å². The molecular formula is C19H32N2O4S. The summed E-state index contributed by atoms with van der Waals surface area (Å²) in [6, 6.07) is -0.593. The summed E-state index contributed by atoms with van der Waals surface area (Å²) >= 11 is 0. The van der Waals surface area contributed by atoms with Crippen molar-refractivity contribution in [1.29, 1.82) is 0 Å². The van der Waals surface area contributed by atoms with Gasteiger partial charge in [0, 0.05) is 12.5 Å². The van der Waals surface area contributed by atoms with Gasteiger partial charge >= 0.3 is 0 Å². The zero-order chi connectivity index (χ0) is 18.9. The van der Waals surface area contributed by atoms with E-state index in [-0.39, 0.29) is 34.7 Å². The Morgan fingerprint density at radius 3 is 2.31 bits per heavy atom. The number of amides is 2. The minimum Gasteiger partial charge on any atom is -0.355 e. The van der Waals surface area contributed by atoms with E-state index in [9.17, 15) is 18.0 Å². The molecule has 0 aromatic carbocycles. The van der Waals surface area contributed by atoms with Crippen LogP contribution in [0, 0.1) is 23.2 Å². The van der Waals surface area contributed by atoms with E-state index in [0.717, 1.165) is 38.5 Å². The van der Waals surface area contributed by atoms with Crippen LogP contribution in [0.2, 0.25) is 0 Å². The van der Waals surface area contributed by atoms with E-state index < -0.39 is 21.8 Å². The molecule has 26 heavy (non-hydrogen) atoms. The highest BCUT2D eigenvalue weighted by Gasteiger charge is 2.44. The minimum absolute atomic E-state index is 0.0266. The summed E-state index contributed by atoms with van der Waals surface area (Å²) in [5.41, 5.74) is 0.213. The smallest absolute Gasteiger partial charge is 0.226 e. The summed E-state index contributed by atoms with van der Waals surface area (Å²) in [6.07, 6.45) is 7.23. The van der Waals surface area contributed by atoms with Crippen LogP contribution in [-0.2, 0) is 19.4 Å². The van der Waals surface area contributed by atoms with Gasteiger partial charge in [0.25, 0.3) is 0 Å². The molecule has 2 saturated carbocycles. The second kappa shape index (κ2) is 7.49. The Bertz CT molecular complexity index is 652. The Morgan fingerprint density at radius 2 is 1.69 bits per heavy atom. The maximum atomic E-state index is 12.7. The van der Waals surface area contributed by atoms with E-state index in [4.69, 9.17) is 0 Å². The number of hydrogen-bond acceptors (Lipinski definition) is 4. The molecule has 0 radical (unpaired) electrons. The van der Waals surface area contributed by atoms with Gasteiger partial charge in [0.15, 0.2) is 9.84 Å². The molecule has 0 aromatic rings. The van der Waals surface area contributed by atoms with Gasteiger partial charge in [-0.1, -0.05) is 33.1 Å². The summed E-state index contributed by atoms with van der Waals surface area (Å²) in [5.74, 6) is -0.877. The van der Waals surface area contributed by atoms with Gasteiger partial charge in [-0.25, -0.2) is 8.42 Å². The molecule has 3 aliphatic rings. The molecule has 6 nitrogen and oxygen atoms in total. The van der Waals surface area contributed by atoms with Gasteiger partial charge in [-0.2, -0.15) is 0 Å². The molecule has 2 aliphatic carbocycles. The molecular weight excluding hydrogens is 352 g/mol. The topological polar surface area (TPSA) is 92.3 Å². The Labute approximate surface area is 156 Å². The molecule has 0 aromatic heterocycles. The molecule has 0 spiro atoms. The zero-order valence-electron chi connectivity index (χ0n) is 15.9. The van der Waals surface area contributed by atoms with Crippen LogP contribution < -0.4 is 10.6 Å². The fourth-order valence-corrected chi connectivity index (χ4v) is 6.80. The van der Waals surface area contributed by atoms with Crippen LogP contribution >= 0.6 is 0 Å². The Morgan fingerprint density at radius 1 is 1.00 bits per heavy atom. The lowest BCUT2D eigenvalue weighted by Gasteiger charge is -2.28. The molecule has 1 aliphatic heterocycles. The zero-order valence-corrected chi connectivity index (χ0v) is 16.7. The van der Waals surface area contributed by atoms with Gasteiger partial charge in [-0.3, -0.25) is 9.59 Å². The lowest BCUT2D eigenvalue weighted by Crippen LogP contribution is -2.48. The summed E-state index contributed by atoms with van der Waals surface area (Å²) in [7, 11) is -3.29. The fraction of sp³-hybridized carbons (Fsp3) is 0.895. The van der Waals surface area contributed by atoms with Crippen molar-refractivity contribution in [3.05, 3.63) is 0 Å². The molecule has 2 amide bonds. The van der Waals surface area contributed by atoms with Crippen molar-refractivity contribution < 1.29 is 18.0 Å². The van der Waals surface area contributed by atoms with E-state index in [1.807, 2.05) is 0 Å². The third-order valence-corrected chi connectivity index (χ3v) is 8.48. The largest absolute Gasteiger partial charge is 0.355 e. The van der Waals surface area contributed by atoms with E-state index >= 15 is 0 Å². The molecule has 7 heteroatoms. The van der Waals surface area contributed by atoms with Crippen molar-refractivity contribution in [3.8, 4) is 0 Å². The SMILES string of the molecule is CC1(C)CCCC1CNC(=O)[C@@H]1CS(=O)(=O)C[C@H]1NC(=O)C1CCCC1. The molecule has 1 unspecified atom stereocenters. The van der Waals surface area contributed by atoms with Crippen molar-refractivity contribution in [2.45, 2.75) is 64.8 Å². The second-order valence-corrected chi connectivity index (χ2v) is 11.3. The minimum atomic E-state index is -3.29. The predicted octanol–water partition coefficient (Wildman–Crippen LogP) is 1.65. The summed E-state index contributed by atoms with van der Waals surface area (Å²) in [4.78, 5) is 25.1. The van der Waals surface area contributed by atoms with Gasteiger partial charge in [0.2, 0.25) is 11.8 Å². The lowest BCUT2D eigenvalue weighted by atomic mass is 9.82. The summed E-state index contributed by atoms with van der Waals surface area (Å²) in [6.45, 7) is 5.04. The third-order valence-electron chi connectivity index (χ3n) is 6.74. The van der Waals surface area contributed by atoms with Crippen LogP contribution in [0.3, 0.4) is 0 Å². The normalized spacial score (nSPS) is 33.2. The highest BCUT2D eigenvalue weighted by Crippen LogP contribution is 2.42. The number of hydrogen-bond donors (Lipinski definition) is 2. The first-order valence-corrected chi connectivity index (χ1v) is 11.8. The first kappa shape index (κ1) is 19.6. The molecule has 3 atom stereocenters. The van der Waals surface area contributed by atoms with Gasteiger partial charge in [0.1, 0.15) is 0 Å². The quantitative estimate of drug-likeness (QED) is 0.754. The second-order valence-electron chi connectivity index (χ2n) is 9.10. The van der Waals surface area contributed by atoms with Crippen LogP contribution in [0.15, 0.2) is 0 Å². The Kier molecular flexibility index (Phi) is 5.66. The first-order chi connectivity index (χ1) is 12.2. The van der Waals surface area contributed by atoms with E-state index in [0.29, 0.717) is 12.5 Å². The van der Waals surface area contributed by atoms with E-state index in [1.165, 1.54) is 6.42 Å². The van der Waals surface area contributed by atoms with Crippen molar-refractivity contribution in [3.63, 3.8) is 0 Å². The number of sulfone groups is 1. The van der Waals surface area contributed by atoms with Crippen LogP contribution in [0.1, 0.15) is 58.8 Å². The van der Waals surface area contributed by atoms with Crippen molar-refractivity contribution in [2.75, 3.05) is 18.1 Å². The van der Waals surface area contributed by atoms with Gasteiger partial charge in [0.05, 0.1) is 23.5 Å². The van der Waals surface area contributed by atoms with Gasteiger partial charge < -0.3 is 10.6 Å². The van der Waals surface area contributed by atoms with Crippen LogP contribution in [-0.4, -0.2) is 44.3 Å². The molecule has 1 heterocycles. The monoisotopic (exact) mass is 384 g/mol. The molecule has 148 valence electrons. The van der Waals surface area contributed by atoms with Gasteiger partial charge in [-0.05, 0) is 37.0 Å². The molecule has 0 bridgehead atoms. The number of rotatable bonds is 5. The summed E-state index contributed by atoms with van der Waals surface area (Å²) in [5, 5.41) is 5.85. The molecule has 3 rings (SSSR count). The van der Waals surface area contributed by atoms with Crippen molar-refractivity contribution in [1.82, 2.24) is 10.6 Å². The maximum absolute atomic E-state index is 12.7. The molecule has 2 N–H and O–H groups in total.